The van der Waals surface area contributed by atoms with Crippen LogP contribution in [0.3, 0.4) is 0 Å². The van der Waals surface area contributed by atoms with Crippen LogP contribution in [-0.4, -0.2) is 17.7 Å². The first-order chi connectivity index (χ1) is 14.1. The van der Waals surface area contributed by atoms with E-state index in [0.717, 1.165) is 28.4 Å². The third kappa shape index (κ3) is 4.03. The minimum Gasteiger partial charge on any atom is -0.490 e. The maximum Gasteiger partial charge on any atom is 0.202 e. The average molecular weight is 425 g/mol. The molecule has 0 spiro atoms. The molecule has 2 aromatic rings. The Balaban J connectivity index is 1.55. The van der Waals surface area contributed by atoms with Gasteiger partial charge in [-0.25, -0.2) is 0 Å². The molecule has 0 saturated carbocycles. The van der Waals surface area contributed by atoms with E-state index in [1.807, 2.05) is 42.5 Å². The van der Waals surface area contributed by atoms with Gasteiger partial charge in [0.1, 0.15) is 5.75 Å². The molecule has 0 N–H and O–H groups in total. The normalized spacial score (nSPS) is 18.7. The number of ether oxygens (including phenoxy) is 1. The van der Waals surface area contributed by atoms with Crippen molar-refractivity contribution in [1.29, 1.82) is 0 Å². The summed E-state index contributed by atoms with van der Waals surface area (Å²) in [5.41, 5.74) is 1.32. The van der Waals surface area contributed by atoms with Gasteiger partial charge in [0, 0.05) is 16.0 Å². The predicted octanol–water partition coefficient (Wildman–Crippen LogP) is 6.91. The Labute approximate surface area is 180 Å². The molecule has 2 aromatic carbocycles. The predicted molar refractivity (Wildman–Crippen MR) is 119 cm³/mol. The summed E-state index contributed by atoms with van der Waals surface area (Å²) in [6, 6.07) is 13.1. The Hall–Kier alpha value is -1.98. The smallest absolute Gasteiger partial charge is 0.202 e. The molecule has 29 heavy (non-hydrogen) atoms. The Morgan fingerprint density at radius 1 is 0.862 bits per heavy atom. The number of ketones is 2. The summed E-state index contributed by atoms with van der Waals surface area (Å²) in [5.74, 6) is 0.614. The Kier molecular flexibility index (Phi) is 6.16. The number of hydrogen-bond acceptors (Lipinski definition) is 5. The summed E-state index contributed by atoms with van der Waals surface area (Å²) in [6.07, 6.45) is 5.94. The van der Waals surface area contributed by atoms with E-state index in [1.54, 1.807) is 0 Å². The largest absolute Gasteiger partial charge is 0.490 e. The molecule has 4 rings (SSSR count). The van der Waals surface area contributed by atoms with E-state index in [9.17, 15) is 9.59 Å². The van der Waals surface area contributed by atoms with Crippen LogP contribution in [0.15, 0.2) is 62.1 Å². The first kappa shape index (κ1) is 20.3. The molecule has 0 bridgehead atoms. The molecule has 5 heteroatoms. The maximum atomic E-state index is 13.1. The van der Waals surface area contributed by atoms with Crippen molar-refractivity contribution in [1.82, 2.24) is 0 Å². The van der Waals surface area contributed by atoms with E-state index in [1.165, 1.54) is 42.8 Å². The minimum absolute atomic E-state index is 0.0546. The number of carbonyl (C=O) groups is 2. The van der Waals surface area contributed by atoms with Crippen LogP contribution in [0.25, 0.3) is 0 Å². The second kappa shape index (κ2) is 8.80. The highest BCUT2D eigenvalue weighted by Gasteiger charge is 2.37. The first-order valence-electron chi connectivity index (χ1n) is 10.2. The van der Waals surface area contributed by atoms with E-state index >= 15 is 0 Å². The van der Waals surface area contributed by atoms with Gasteiger partial charge >= 0.3 is 0 Å². The molecule has 2 aliphatic rings. The van der Waals surface area contributed by atoms with Crippen molar-refractivity contribution in [2.45, 2.75) is 61.8 Å². The van der Waals surface area contributed by atoms with Crippen molar-refractivity contribution in [3.05, 3.63) is 63.4 Å². The number of carbonyl (C=O) groups excluding carboxylic acids is 2. The Bertz CT molecular complexity index is 993. The number of rotatable bonds is 7. The van der Waals surface area contributed by atoms with Crippen molar-refractivity contribution in [3.63, 3.8) is 0 Å². The standard InChI is InChI=1S/C24H24O3S2/c1-3-4-5-6-10-15(2)27-18-13-9-12-17-21(26)24(29-22(17)18)23-20(25)16-11-7-8-14-19(16)28-23/h7-9,11-15H,3-6,10H2,1-2H3. The molecule has 2 heterocycles. The van der Waals surface area contributed by atoms with Gasteiger partial charge in [0.2, 0.25) is 11.6 Å². The maximum absolute atomic E-state index is 13.1. The zero-order valence-corrected chi connectivity index (χ0v) is 18.3. The van der Waals surface area contributed by atoms with E-state index in [4.69, 9.17) is 4.74 Å². The van der Waals surface area contributed by atoms with Gasteiger partial charge in [-0.15, -0.1) is 0 Å². The average Bonchev–Trinajstić information content (AvgIpc) is 3.24. The molecule has 0 saturated heterocycles. The second-order valence-electron chi connectivity index (χ2n) is 7.43. The lowest BCUT2D eigenvalue weighted by atomic mass is 10.1. The second-order valence-corrected chi connectivity index (χ2v) is 9.50. The summed E-state index contributed by atoms with van der Waals surface area (Å²) in [5, 5.41) is 0. The summed E-state index contributed by atoms with van der Waals surface area (Å²) in [6.45, 7) is 4.29. The molecular weight excluding hydrogens is 400 g/mol. The van der Waals surface area contributed by atoms with Crippen molar-refractivity contribution >= 4 is 35.1 Å². The van der Waals surface area contributed by atoms with Crippen LogP contribution in [0.1, 0.15) is 66.7 Å². The quantitative estimate of drug-likeness (QED) is 0.357. The molecule has 0 aromatic heterocycles. The van der Waals surface area contributed by atoms with Crippen LogP contribution in [0.5, 0.6) is 5.75 Å². The van der Waals surface area contributed by atoms with Crippen molar-refractivity contribution < 1.29 is 14.3 Å². The first-order valence-corrected chi connectivity index (χ1v) is 11.8. The molecular formula is C24H24O3S2. The Morgan fingerprint density at radius 3 is 2.38 bits per heavy atom. The van der Waals surface area contributed by atoms with E-state index in [0.29, 0.717) is 20.9 Å². The Morgan fingerprint density at radius 2 is 1.59 bits per heavy atom. The van der Waals surface area contributed by atoms with Crippen LogP contribution in [0.2, 0.25) is 0 Å². The zero-order chi connectivity index (χ0) is 20.4. The lowest BCUT2D eigenvalue weighted by Gasteiger charge is -2.16. The van der Waals surface area contributed by atoms with Gasteiger partial charge in [-0.2, -0.15) is 0 Å². The van der Waals surface area contributed by atoms with Gasteiger partial charge < -0.3 is 4.74 Å². The highest BCUT2D eigenvalue weighted by atomic mass is 32.2. The van der Waals surface area contributed by atoms with Crippen LogP contribution >= 0.6 is 23.5 Å². The molecule has 0 radical (unpaired) electrons. The van der Waals surface area contributed by atoms with Gasteiger partial charge in [-0.05, 0) is 44.0 Å². The fourth-order valence-corrected chi connectivity index (χ4v) is 5.97. The minimum atomic E-state index is -0.0743. The van der Waals surface area contributed by atoms with E-state index < -0.39 is 0 Å². The molecule has 150 valence electrons. The number of allylic oxidation sites excluding steroid dienone is 2. The lowest BCUT2D eigenvalue weighted by Crippen LogP contribution is -2.12. The third-order valence-corrected chi connectivity index (χ3v) is 7.70. The zero-order valence-electron chi connectivity index (χ0n) is 16.7. The summed E-state index contributed by atoms with van der Waals surface area (Å²) < 4.78 is 6.20. The van der Waals surface area contributed by atoms with Crippen LogP contribution < -0.4 is 4.74 Å². The van der Waals surface area contributed by atoms with Gasteiger partial charge in [0.25, 0.3) is 0 Å². The lowest BCUT2D eigenvalue weighted by molar-refractivity contribution is 0.101. The van der Waals surface area contributed by atoms with Crippen molar-refractivity contribution in [2.75, 3.05) is 0 Å². The third-order valence-electron chi connectivity index (χ3n) is 5.18. The number of Topliss-reactive ketones (excluding diaryl/α,β-unsaturated/α-hetero) is 2. The molecule has 3 nitrogen and oxygen atoms in total. The fourth-order valence-electron chi connectivity index (χ4n) is 3.62. The van der Waals surface area contributed by atoms with Crippen LogP contribution in [0.4, 0.5) is 0 Å². The molecule has 1 unspecified atom stereocenters. The summed E-state index contributed by atoms with van der Waals surface area (Å²) >= 11 is 2.78. The summed E-state index contributed by atoms with van der Waals surface area (Å²) in [7, 11) is 0. The monoisotopic (exact) mass is 424 g/mol. The van der Waals surface area contributed by atoms with E-state index in [2.05, 4.69) is 13.8 Å². The molecule has 0 fully saturated rings. The number of unbranched alkanes of at least 4 members (excludes halogenated alkanes) is 3. The highest BCUT2D eigenvalue weighted by molar-refractivity contribution is 8.08. The summed E-state index contributed by atoms with van der Waals surface area (Å²) in [4.78, 5) is 28.7. The van der Waals surface area contributed by atoms with Gasteiger partial charge in [-0.1, -0.05) is 67.9 Å². The van der Waals surface area contributed by atoms with Crippen LogP contribution in [0, 0.1) is 0 Å². The fraction of sp³-hybridized carbons (Fsp3) is 0.333. The number of benzene rings is 2. The van der Waals surface area contributed by atoms with Gasteiger partial charge in [0.15, 0.2) is 0 Å². The van der Waals surface area contributed by atoms with Crippen LogP contribution in [-0.2, 0) is 0 Å². The molecule has 1 atom stereocenters. The van der Waals surface area contributed by atoms with Gasteiger partial charge in [0.05, 0.1) is 20.8 Å². The SMILES string of the molecule is CCCCCCC(C)Oc1cccc2c1SC(=C1Sc3ccccc3C1=O)C2=O. The molecule has 2 aliphatic heterocycles. The van der Waals surface area contributed by atoms with Crippen molar-refractivity contribution in [2.24, 2.45) is 0 Å². The number of thioether (sulfide) groups is 2. The number of hydrogen-bond donors (Lipinski definition) is 0. The van der Waals surface area contributed by atoms with E-state index in [-0.39, 0.29) is 17.7 Å². The van der Waals surface area contributed by atoms with Crippen molar-refractivity contribution in [3.8, 4) is 5.75 Å². The topological polar surface area (TPSA) is 43.4 Å². The highest BCUT2D eigenvalue weighted by Crippen LogP contribution is 2.52. The van der Waals surface area contributed by atoms with Gasteiger partial charge in [-0.3, -0.25) is 9.59 Å². The molecule has 0 amide bonds. The number of fused-ring (bicyclic) bond motifs is 2. The molecule has 0 aliphatic carbocycles.